The SMILES string of the molecule is Cc1cnc(N[C@@H](C)C(=O)N(C)C)nc1C. The first-order valence-corrected chi connectivity index (χ1v) is 5.19. The lowest BCUT2D eigenvalue weighted by atomic mass is 10.3. The van der Waals surface area contributed by atoms with E-state index in [1.54, 1.807) is 32.1 Å². The molecule has 1 aromatic heterocycles. The molecule has 0 aliphatic heterocycles. The Morgan fingerprint density at radius 3 is 2.56 bits per heavy atom. The summed E-state index contributed by atoms with van der Waals surface area (Å²) in [6, 6.07) is -0.322. The molecule has 0 aliphatic rings. The zero-order chi connectivity index (χ0) is 12.3. The quantitative estimate of drug-likeness (QED) is 0.828. The number of carbonyl (C=O) groups is 1. The standard InChI is InChI=1S/C11H18N4O/c1-7-6-12-11(13-8(7)2)14-9(3)10(16)15(4)5/h6,9H,1-5H3,(H,12,13,14)/t9-/m0/s1. The molecule has 88 valence electrons. The first kappa shape index (κ1) is 12.4. The Kier molecular flexibility index (Phi) is 3.82. The fourth-order valence-corrected chi connectivity index (χ4v) is 1.24. The molecule has 0 aliphatic carbocycles. The van der Waals surface area contributed by atoms with Gasteiger partial charge in [0.25, 0.3) is 0 Å². The van der Waals surface area contributed by atoms with E-state index in [-0.39, 0.29) is 11.9 Å². The van der Waals surface area contributed by atoms with Gasteiger partial charge in [-0.25, -0.2) is 9.97 Å². The van der Waals surface area contributed by atoms with Gasteiger partial charge in [0, 0.05) is 26.0 Å². The maximum atomic E-state index is 11.6. The average Bonchev–Trinajstić information content (AvgIpc) is 2.22. The number of likely N-dealkylation sites (N-methyl/N-ethyl adjacent to an activating group) is 1. The molecule has 0 spiro atoms. The van der Waals surface area contributed by atoms with Gasteiger partial charge in [-0.15, -0.1) is 0 Å². The molecule has 16 heavy (non-hydrogen) atoms. The third-order valence-corrected chi connectivity index (χ3v) is 2.38. The van der Waals surface area contributed by atoms with E-state index in [0.717, 1.165) is 11.3 Å². The second-order valence-corrected chi connectivity index (χ2v) is 4.06. The maximum Gasteiger partial charge on any atom is 0.244 e. The highest BCUT2D eigenvalue weighted by atomic mass is 16.2. The molecule has 0 radical (unpaired) electrons. The van der Waals surface area contributed by atoms with Gasteiger partial charge < -0.3 is 10.2 Å². The Balaban J connectivity index is 2.73. The minimum Gasteiger partial charge on any atom is -0.347 e. The second kappa shape index (κ2) is 4.92. The molecule has 1 amide bonds. The van der Waals surface area contributed by atoms with E-state index >= 15 is 0 Å². The first-order chi connectivity index (χ1) is 7.41. The van der Waals surface area contributed by atoms with Gasteiger partial charge in [-0.3, -0.25) is 4.79 Å². The van der Waals surface area contributed by atoms with Crippen molar-refractivity contribution in [2.24, 2.45) is 0 Å². The lowest BCUT2D eigenvalue weighted by Gasteiger charge is -2.18. The summed E-state index contributed by atoms with van der Waals surface area (Å²) in [6.45, 7) is 5.66. The van der Waals surface area contributed by atoms with Crippen LogP contribution < -0.4 is 5.32 Å². The smallest absolute Gasteiger partial charge is 0.244 e. The van der Waals surface area contributed by atoms with Crippen LogP contribution in [0.5, 0.6) is 0 Å². The highest BCUT2D eigenvalue weighted by Gasteiger charge is 2.15. The molecular formula is C11H18N4O. The van der Waals surface area contributed by atoms with Gasteiger partial charge in [-0.2, -0.15) is 0 Å². The number of hydrogen-bond donors (Lipinski definition) is 1. The molecule has 0 saturated carbocycles. The Bertz CT molecular complexity index is 390. The van der Waals surface area contributed by atoms with Crippen molar-refractivity contribution in [2.45, 2.75) is 26.8 Å². The molecule has 5 nitrogen and oxygen atoms in total. The Hall–Kier alpha value is -1.65. The summed E-state index contributed by atoms with van der Waals surface area (Å²) in [5.41, 5.74) is 1.96. The fourth-order valence-electron chi connectivity index (χ4n) is 1.24. The number of rotatable bonds is 3. The molecule has 0 fully saturated rings. The Morgan fingerprint density at radius 2 is 2.06 bits per heavy atom. The van der Waals surface area contributed by atoms with Crippen LogP contribution >= 0.6 is 0 Å². The van der Waals surface area contributed by atoms with Crippen molar-refractivity contribution in [3.63, 3.8) is 0 Å². The van der Waals surface area contributed by atoms with E-state index < -0.39 is 0 Å². The number of aryl methyl sites for hydroxylation is 2. The summed E-state index contributed by atoms with van der Waals surface area (Å²) in [7, 11) is 3.45. The molecule has 5 heteroatoms. The van der Waals surface area contributed by atoms with Crippen LogP contribution in [0.15, 0.2) is 6.20 Å². The molecule has 1 N–H and O–H groups in total. The minimum atomic E-state index is -0.322. The normalized spacial score (nSPS) is 12.1. The van der Waals surface area contributed by atoms with Crippen LogP contribution in [0.3, 0.4) is 0 Å². The van der Waals surface area contributed by atoms with Crippen LogP contribution in [0.1, 0.15) is 18.2 Å². The van der Waals surface area contributed by atoms with Gasteiger partial charge in [0.05, 0.1) is 0 Å². The van der Waals surface area contributed by atoms with Crippen molar-refractivity contribution >= 4 is 11.9 Å². The van der Waals surface area contributed by atoms with Crippen LogP contribution in [-0.4, -0.2) is 40.9 Å². The average molecular weight is 222 g/mol. The summed E-state index contributed by atoms with van der Waals surface area (Å²) in [6.07, 6.45) is 1.75. The predicted octanol–water partition coefficient (Wildman–Crippen LogP) is 0.982. The molecule has 0 unspecified atom stereocenters. The van der Waals surface area contributed by atoms with E-state index in [4.69, 9.17) is 0 Å². The van der Waals surface area contributed by atoms with Crippen molar-refractivity contribution in [3.8, 4) is 0 Å². The van der Waals surface area contributed by atoms with E-state index in [0.29, 0.717) is 5.95 Å². The first-order valence-electron chi connectivity index (χ1n) is 5.19. The van der Waals surface area contributed by atoms with Crippen LogP contribution in [0, 0.1) is 13.8 Å². The largest absolute Gasteiger partial charge is 0.347 e. The zero-order valence-electron chi connectivity index (χ0n) is 10.4. The summed E-state index contributed by atoms with van der Waals surface area (Å²) in [5.74, 6) is 0.493. The fraction of sp³-hybridized carbons (Fsp3) is 0.545. The monoisotopic (exact) mass is 222 g/mol. The van der Waals surface area contributed by atoms with Crippen LogP contribution in [0.4, 0.5) is 5.95 Å². The number of carbonyl (C=O) groups excluding carboxylic acids is 1. The number of amides is 1. The van der Waals surface area contributed by atoms with Gasteiger partial charge in [0.15, 0.2) is 0 Å². The van der Waals surface area contributed by atoms with Gasteiger partial charge in [-0.1, -0.05) is 0 Å². The van der Waals surface area contributed by atoms with Gasteiger partial charge in [0.1, 0.15) is 6.04 Å². The molecule has 0 aromatic carbocycles. The van der Waals surface area contributed by atoms with Gasteiger partial charge >= 0.3 is 0 Å². The number of nitrogens with one attached hydrogen (secondary N) is 1. The van der Waals surface area contributed by atoms with E-state index in [1.807, 2.05) is 13.8 Å². The van der Waals surface area contributed by atoms with Crippen molar-refractivity contribution in [1.82, 2.24) is 14.9 Å². The number of hydrogen-bond acceptors (Lipinski definition) is 4. The highest BCUT2D eigenvalue weighted by Crippen LogP contribution is 2.06. The van der Waals surface area contributed by atoms with Gasteiger partial charge in [0.2, 0.25) is 11.9 Å². The van der Waals surface area contributed by atoms with E-state index in [1.165, 1.54) is 0 Å². The molecule has 1 aromatic rings. The maximum absolute atomic E-state index is 11.6. The molecule has 0 saturated heterocycles. The number of aromatic nitrogens is 2. The molecule has 1 atom stereocenters. The van der Waals surface area contributed by atoms with E-state index in [9.17, 15) is 4.79 Å². The molecule has 1 rings (SSSR count). The summed E-state index contributed by atoms with van der Waals surface area (Å²) < 4.78 is 0. The van der Waals surface area contributed by atoms with Gasteiger partial charge in [-0.05, 0) is 26.3 Å². The third kappa shape index (κ3) is 2.92. The topological polar surface area (TPSA) is 58.1 Å². The Morgan fingerprint density at radius 1 is 1.44 bits per heavy atom. The second-order valence-electron chi connectivity index (χ2n) is 4.06. The lowest BCUT2D eigenvalue weighted by molar-refractivity contribution is -0.129. The van der Waals surface area contributed by atoms with Crippen LogP contribution in [0.2, 0.25) is 0 Å². The molecule has 1 heterocycles. The lowest BCUT2D eigenvalue weighted by Crippen LogP contribution is -2.37. The summed E-state index contributed by atoms with van der Waals surface area (Å²) in [5, 5.41) is 2.98. The zero-order valence-corrected chi connectivity index (χ0v) is 10.4. The third-order valence-electron chi connectivity index (χ3n) is 2.38. The van der Waals surface area contributed by atoms with Crippen molar-refractivity contribution < 1.29 is 4.79 Å². The van der Waals surface area contributed by atoms with Crippen LogP contribution in [-0.2, 0) is 4.79 Å². The number of anilines is 1. The number of nitrogens with zero attached hydrogens (tertiary/aromatic N) is 3. The summed E-state index contributed by atoms with van der Waals surface area (Å²) in [4.78, 5) is 21.5. The van der Waals surface area contributed by atoms with E-state index in [2.05, 4.69) is 15.3 Å². The minimum absolute atomic E-state index is 0.00169. The molecular weight excluding hydrogens is 204 g/mol. The summed E-state index contributed by atoms with van der Waals surface area (Å²) >= 11 is 0. The predicted molar refractivity (Wildman–Crippen MR) is 63.3 cm³/mol. The van der Waals surface area contributed by atoms with Crippen molar-refractivity contribution in [2.75, 3.05) is 19.4 Å². The highest BCUT2D eigenvalue weighted by molar-refractivity contribution is 5.83. The van der Waals surface area contributed by atoms with Crippen LogP contribution in [0.25, 0.3) is 0 Å². The van der Waals surface area contributed by atoms with Crippen molar-refractivity contribution in [3.05, 3.63) is 17.5 Å². The van der Waals surface area contributed by atoms with Crippen molar-refractivity contribution in [1.29, 1.82) is 0 Å². The Labute approximate surface area is 95.9 Å². The molecule has 0 bridgehead atoms.